The molecule has 1 unspecified atom stereocenters. The Bertz CT molecular complexity index is 605. The van der Waals surface area contributed by atoms with E-state index in [9.17, 15) is 0 Å². The van der Waals surface area contributed by atoms with Gasteiger partial charge in [-0.1, -0.05) is 26.7 Å². The van der Waals surface area contributed by atoms with Gasteiger partial charge in [-0.25, -0.2) is 4.98 Å². The third kappa shape index (κ3) is 2.46. The Morgan fingerprint density at radius 2 is 2.15 bits per heavy atom. The average Bonchev–Trinajstić information content (AvgIpc) is 2.89. The van der Waals surface area contributed by atoms with E-state index in [0.717, 1.165) is 16.0 Å². The van der Waals surface area contributed by atoms with Crippen LogP contribution in [0.2, 0.25) is 0 Å². The van der Waals surface area contributed by atoms with Crippen LogP contribution in [0.5, 0.6) is 0 Å². The van der Waals surface area contributed by atoms with Crippen molar-refractivity contribution in [1.29, 1.82) is 0 Å². The van der Waals surface area contributed by atoms with Gasteiger partial charge < -0.3 is 10.6 Å². The number of hydrogen-bond acceptors (Lipinski definition) is 5. The van der Waals surface area contributed by atoms with Gasteiger partial charge in [0.1, 0.15) is 10.6 Å². The summed E-state index contributed by atoms with van der Waals surface area (Å²) in [6, 6.07) is 2.59. The second-order valence-corrected chi connectivity index (χ2v) is 7.11. The molecular formula is C15H22N4S. The van der Waals surface area contributed by atoms with E-state index < -0.39 is 0 Å². The molecule has 1 aliphatic rings. The summed E-state index contributed by atoms with van der Waals surface area (Å²) in [6.07, 6.45) is 5.14. The van der Waals surface area contributed by atoms with E-state index in [4.69, 9.17) is 0 Å². The molecule has 20 heavy (non-hydrogen) atoms. The maximum absolute atomic E-state index is 4.62. The Morgan fingerprint density at radius 3 is 2.90 bits per heavy atom. The molecule has 2 N–H and O–H groups in total. The van der Waals surface area contributed by atoms with Gasteiger partial charge in [0.25, 0.3) is 0 Å². The summed E-state index contributed by atoms with van der Waals surface area (Å²) in [6.45, 7) is 4.71. The van der Waals surface area contributed by atoms with Crippen LogP contribution in [0.4, 0.5) is 11.8 Å². The smallest absolute Gasteiger partial charge is 0.225 e. The number of fused-ring (bicyclic) bond motifs is 1. The van der Waals surface area contributed by atoms with Gasteiger partial charge in [-0.2, -0.15) is 4.98 Å². The average molecular weight is 290 g/mol. The predicted molar refractivity (Wildman–Crippen MR) is 86.6 cm³/mol. The maximum atomic E-state index is 4.62. The summed E-state index contributed by atoms with van der Waals surface area (Å²) >= 11 is 1.66. The fourth-order valence-corrected chi connectivity index (χ4v) is 3.77. The molecule has 0 bridgehead atoms. The van der Waals surface area contributed by atoms with Crippen molar-refractivity contribution in [3.8, 4) is 0 Å². The Balaban J connectivity index is 1.95. The molecule has 5 heteroatoms. The Hall–Kier alpha value is -1.36. The number of hydrogen-bond donors (Lipinski definition) is 2. The summed E-state index contributed by atoms with van der Waals surface area (Å²) in [5.74, 6) is 1.66. The first kappa shape index (κ1) is 13.6. The zero-order valence-electron chi connectivity index (χ0n) is 12.4. The topological polar surface area (TPSA) is 49.8 Å². The number of nitrogens with one attached hydrogen (secondary N) is 2. The minimum absolute atomic E-state index is 0.325. The first-order valence-corrected chi connectivity index (χ1v) is 8.18. The van der Waals surface area contributed by atoms with Gasteiger partial charge in [0.2, 0.25) is 5.95 Å². The number of nitrogens with zero attached hydrogens (tertiary/aromatic N) is 2. The highest BCUT2D eigenvalue weighted by molar-refractivity contribution is 7.16. The van der Waals surface area contributed by atoms with Crippen LogP contribution in [0.1, 0.15) is 39.5 Å². The van der Waals surface area contributed by atoms with E-state index in [0.29, 0.717) is 17.4 Å². The van der Waals surface area contributed by atoms with Gasteiger partial charge in [0, 0.05) is 13.1 Å². The van der Waals surface area contributed by atoms with E-state index in [1.807, 2.05) is 7.05 Å². The molecule has 0 radical (unpaired) electrons. The number of aromatic nitrogens is 2. The van der Waals surface area contributed by atoms with Gasteiger partial charge >= 0.3 is 0 Å². The molecule has 1 atom stereocenters. The van der Waals surface area contributed by atoms with Crippen LogP contribution in [-0.4, -0.2) is 23.1 Å². The van der Waals surface area contributed by atoms with Crippen molar-refractivity contribution in [3.63, 3.8) is 0 Å². The van der Waals surface area contributed by atoms with E-state index in [1.165, 1.54) is 25.7 Å². The summed E-state index contributed by atoms with van der Waals surface area (Å²) < 4.78 is 0. The van der Waals surface area contributed by atoms with Crippen molar-refractivity contribution in [2.45, 2.75) is 45.6 Å². The van der Waals surface area contributed by atoms with Gasteiger partial charge in [0.15, 0.2) is 0 Å². The molecule has 1 fully saturated rings. The zero-order chi connectivity index (χ0) is 14.2. The highest BCUT2D eigenvalue weighted by atomic mass is 32.1. The Labute approximate surface area is 124 Å². The molecule has 1 saturated carbocycles. The molecule has 0 amide bonds. The van der Waals surface area contributed by atoms with Crippen molar-refractivity contribution in [3.05, 3.63) is 11.4 Å². The summed E-state index contributed by atoms with van der Waals surface area (Å²) in [7, 11) is 1.86. The molecule has 4 nitrogen and oxygen atoms in total. The van der Waals surface area contributed by atoms with Crippen LogP contribution in [-0.2, 0) is 0 Å². The minimum Gasteiger partial charge on any atom is -0.366 e. The standard InChI is InChI=1S/C15H22N4S/c1-15(2)8-5-4-6-11(15)17-12-10-7-9-20-13(10)19-14(16-3)18-12/h7,9,11H,4-6,8H2,1-3H3,(H2,16,17,18,19). The fourth-order valence-electron chi connectivity index (χ4n) is 3.00. The molecule has 1 aliphatic carbocycles. The highest BCUT2D eigenvalue weighted by Gasteiger charge is 2.32. The lowest BCUT2D eigenvalue weighted by Gasteiger charge is -2.39. The molecule has 0 spiro atoms. The monoisotopic (exact) mass is 290 g/mol. The second-order valence-electron chi connectivity index (χ2n) is 6.22. The largest absolute Gasteiger partial charge is 0.366 e. The first-order chi connectivity index (χ1) is 9.60. The number of rotatable bonds is 3. The van der Waals surface area contributed by atoms with Crippen molar-refractivity contribution in [2.75, 3.05) is 17.7 Å². The van der Waals surface area contributed by atoms with Gasteiger partial charge in [-0.05, 0) is 29.7 Å². The van der Waals surface area contributed by atoms with Crippen molar-refractivity contribution in [2.24, 2.45) is 5.41 Å². The first-order valence-electron chi connectivity index (χ1n) is 7.30. The predicted octanol–water partition coefficient (Wildman–Crippen LogP) is 4.11. The van der Waals surface area contributed by atoms with Gasteiger partial charge in [-0.3, -0.25) is 0 Å². The summed E-state index contributed by atoms with van der Waals surface area (Å²) in [5.41, 5.74) is 0.325. The highest BCUT2D eigenvalue weighted by Crippen LogP contribution is 2.38. The van der Waals surface area contributed by atoms with Crippen molar-refractivity contribution < 1.29 is 0 Å². The lowest BCUT2D eigenvalue weighted by Crippen LogP contribution is -2.39. The van der Waals surface area contributed by atoms with E-state index in [-0.39, 0.29) is 0 Å². The quantitative estimate of drug-likeness (QED) is 0.893. The van der Waals surface area contributed by atoms with Crippen LogP contribution in [0, 0.1) is 5.41 Å². The van der Waals surface area contributed by atoms with Crippen LogP contribution in [0.25, 0.3) is 10.2 Å². The molecule has 2 aromatic heterocycles. The van der Waals surface area contributed by atoms with Crippen LogP contribution >= 0.6 is 11.3 Å². The second kappa shape index (κ2) is 5.20. The number of anilines is 2. The van der Waals surface area contributed by atoms with Crippen LogP contribution in [0.3, 0.4) is 0 Å². The van der Waals surface area contributed by atoms with E-state index in [1.54, 1.807) is 11.3 Å². The minimum atomic E-state index is 0.325. The maximum Gasteiger partial charge on any atom is 0.225 e. The molecule has 0 aliphatic heterocycles. The van der Waals surface area contributed by atoms with Crippen molar-refractivity contribution in [1.82, 2.24) is 9.97 Å². The van der Waals surface area contributed by atoms with Crippen LogP contribution in [0.15, 0.2) is 11.4 Å². The third-order valence-electron chi connectivity index (χ3n) is 4.37. The summed E-state index contributed by atoms with van der Waals surface area (Å²) in [4.78, 5) is 10.2. The lowest BCUT2D eigenvalue weighted by molar-refractivity contribution is 0.217. The molecule has 108 valence electrons. The molecule has 0 aromatic carbocycles. The van der Waals surface area contributed by atoms with Crippen LogP contribution < -0.4 is 10.6 Å². The SMILES string of the molecule is CNc1nc(NC2CCCCC2(C)C)c2ccsc2n1. The zero-order valence-corrected chi connectivity index (χ0v) is 13.2. The third-order valence-corrected chi connectivity index (χ3v) is 5.17. The molecule has 2 heterocycles. The van der Waals surface area contributed by atoms with Gasteiger partial charge in [-0.15, -0.1) is 11.3 Å². The van der Waals surface area contributed by atoms with E-state index >= 15 is 0 Å². The van der Waals surface area contributed by atoms with E-state index in [2.05, 4.69) is 45.9 Å². The molecular weight excluding hydrogens is 268 g/mol. The molecule has 0 saturated heterocycles. The molecule has 2 aromatic rings. The van der Waals surface area contributed by atoms with Gasteiger partial charge in [0.05, 0.1) is 5.39 Å². The molecule has 3 rings (SSSR count). The normalized spacial score (nSPS) is 21.9. The fraction of sp³-hybridized carbons (Fsp3) is 0.600. The van der Waals surface area contributed by atoms with Crippen molar-refractivity contribution >= 4 is 33.3 Å². The summed E-state index contributed by atoms with van der Waals surface area (Å²) in [5, 5.41) is 9.96. The Morgan fingerprint density at radius 1 is 1.30 bits per heavy atom. The Kier molecular flexibility index (Phi) is 3.54. The number of thiophene rings is 1. The lowest BCUT2D eigenvalue weighted by atomic mass is 9.73.